The number of tetrazole rings is 1. The van der Waals surface area contributed by atoms with Crippen LogP contribution in [0.25, 0.3) is 0 Å². The van der Waals surface area contributed by atoms with Crippen LogP contribution in [0.3, 0.4) is 0 Å². The van der Waals surface area contributed by atoms with E-state index in [1.165, 1.54) is 0 Å². The van der Waals surface area contributed by atoms with Crippen molar-refractivity contribution in [1.29, 1.82) is 0 Å². The Labute approximate surface area is 152 Å². The van der Waals surface area contributed by atoms with E-state index in [9.17, 15) is 4.79 Å². The number of amides is 1. The van der Waals surface area contributed by atoms with E-state index in [0.29, 0.717) is 5.82 Å². The number of carbonyl (C=O) groups is 1. The van der Waals surface area contributed by atoms with E-state index >= 15 is 0 Å². The first kappa shape index (κ1) is 19.2. The number of aromatic nitrogens is 4. The lowest BCUT2D eigenvalue weighted by molar-refractivity contribution is 0.0498. The van der Waals surface area contributed by atoms with Gasteiger partial charge in [-0.15, -0.1) is 10.2 Å². The van der Waals surface area contributed by atoms with Crippen LogP contribution in [0.2, 0.25) is 0 Å². The first-order chi connectivity index (χ1) is 11.9. The van der Waals surface area contributed by atoms with Gasteiger partial charge < -0.3 is 10.1 Å². The second kappa shape index (κ2) is 8.84. The van der Waals surface area contributed by atoms with Crippen molar-refractivity contribution in [2.24, 2.45) is 0 Å². The summed E-state index contributed by atoms with van der Waals surface area (Å²) in [5, 5.41) is 17.5. The molecule has 0 saturated carbocycles. The van der Waals surface area contributed by atoms with Gasteiger partial charge in [-0.25, -0.2) is 4.79 Å². The van der Waals surface area contributed by atoms with Crippen molar-refractivity contribution >= 4 is 17.9 Å². The van der Waals surface area contributed by atoms with E-state index in [4.69, 9.17) is 4.74 Å². The smallest absolute Gasteiger partial charge is 0.407 e. The summed E-state index contributed by atoms with van der Waals surface area (Å²) in [6, 6.07) is 9.67. The van der Waals surface area contributed by atoms with Crippen LogP contribution in [0.4, 0.5) is 4.79 Å². The van der Waals surface area contributed by atoms with Gasteiger partial charge in [-0.2, -0.15) is 17.0 Å². The third kappa shape index (κ3) is 6.04. The van der Waals surface area contributed by atoms with Crippen LogP contribution in [0.15, 0.2) is 30.3 Å². The maximum absolute atomic E-state index is 12.3. The summed E-state index contributed by atoms with van der Waals surface area (Å²) in [4.78, 5) is 12.3. The number of benzene rings is 1. The van der Waals surface area contributed by atoms with Gasteiger partial charge in [0.25, 0.3) is 0 Å². The van der Waals surface area contributed by atoms with Gasteiger partial charge in [-0.3, -0.25) is 0 Å². The number of aromatic amines is 1. The molecule has 0 spiro atoms. The quantitative estimate of drug-likeness (QED) is 0.785. The third-order valence-electron chi connectivity index (χ3n) is 3.54. The lowest BCUT2D eigenvalue weighted by Gasteiger charge is -2.28. The fourth-order valence-corrected chi connectivity index (χ4v) is 3.04. The molecule has 0 aliphatic rings. The zero-order chi connectivity index (χ0) is 18.3. The number of hydrogen-bond donors (Lipinski definition) is 2. The van der Waals surface area contributed by atoms with Crippen LogP contribution in [0, 0.1) is 0 Å². The van der Waals surface area contributed by atoms with Crippen LogP contribution < -0.4 is 5.32 Å². The van der Waals surface area contributed by atoms with Gasteiger partial charge >= 0.3 is 6.09 Å². The summed E-state index contributed by atoms with van der Waals surface area (Å²) in [5.74, 6) is 1.23. The number of nitrogens with one attached hydrogen (secondary N) is 2. The van der Waals surface area contributed by atoms with Crippen LogP contribution in [-0.2, 0) is 4.74 Å². The molecular formula is C17H25N5O2S. The predicted molar refractivity (Wildman–Crippen MR) is 98.6 cm³/mol. The molecular weight excluding hydrogens is 338 g/mol. The lowest BCUT2D eigenvalue weighted by atomic mass is 9.89. The minimum atomic E-state index is -0.553. The van der Waals surface area contributed by atoms with E-state index in [1.807, 2.05) is 57.4 Å². The van der Waals surface area contributed by atoms with Crippen LogP contribution in [0.5, 0.6) is 0 Å². The molecule has 25 heavy (non-hydrogen) atoms. The molecule has 1 heterocycles. The molecule has 136 valence electrons. The molecule has 1 aromatic heterocycles. The van der Waals surface area contributed by atoms with E-state index in [2.05, 4.69) is 25.9 Å². The van der Waals surface area contributed by atoms with Crippen LogP contribution in [-0.4, -0.2) is 50.4 Å². The van der Waals surface area contributed by atoms with Crippen LogP contribution >= 0.6 is 11.8 Å². The molecule has 0 aliphatic heterocycles. The number of thioether (sulfide) groups is 1. The Kier molecular flexibility index (Phi) is 6.81. The number of nitrogens with zero attached hydrogens (tertiary/aromatic N) is 3. The third-order valence-corrected chi connectivity index (χ3v) is 4.18. The summed E-state index contributed by atoms with van der Waals surface area (Å²) in [6.45, 7) is 5.53. The molecule has 0 bridgehead atoms. The summed E-state index contributed by atoms with van der Waals surface area (Å²) in [6.07, 6.45) is 2.35. The first-order valence-corrected chi connectivity index (χ1v) is 9.57. The highest BCUT2D eigenvalue weighted by Gasteiger charge is 2.31. The van der Waals surface area contributed by atoms with Crippen LogP contribution in [0.1, 0.15) is 44.5 Å². The Balaban J connectivity index is 2.28. The fraction of sp³-hybridized carbons (Fsp3) is 0.529. The molecule has 0 saturated heterocycles. The Morgan fingerprint density at radius 3 is 2.60 bits per heavy atom. The van der Waals surface area contributed by atoms with Gasteiger partial charge in [0, 0.05) is 6.04 Å². The lowest BCUT2D eigenvalue weighted by Crippen LogP contribution is -2.43. The number of ether oxygens (including phenoxy) is 1. The average molecular weight is 363 g/mol. The number of H-pyrrole nitrogens is 1. The first-order valence-electron chi connectivity index (χ1n) is 8.17. The minimum absolute atomic E-state index is 0.206. The molecule has 2 atom stereocenters. The molecule has 0 fully saturated rings. The highest BCUT2D eigenvalue weighted by molar-refractivity contribution is 7.98. The normalized spacial score (nSPS) is 13.9. The number of carbonyl (C=O) groups excluding carboxylic acids is 1. The van der Waals surface area contributed by atoms with Gasteiger partial charge in [-0.1, -0.05) is 35.5 Å². The maximum Gasteiger partial charge on any atom is 0.407 e. The predicted octanol–water partition coefficient (Wildman–Crippen LogP) is 2.98. The van der Waals surface area contributed by atoms with Crippen molar-refractivity contribution < 1.29 is 9.53 Å². The average Bonchev–Trinajstić information content (AvgIpc) is 3.06. The summed E-state index contributed by atoms with van der Waals surface area (Å²) >= 11 is 1.72. The molecule has 1 amide bonds. The molecule has 1 unspecified atom stereocenters. The van der Waals surface area contributed by atoms with Gasteiger partial charge in [0.05, 0.1) is 5.92 Å². The minimum Gasteiger partial charge on any atom is -0.444 e. The summed E-state index contributed by atoms with van der Waals surface area (Å²) in [7, 11) is 0. The maximum atomic E-state index is 12.3. The van der Waals surface area contributed by atoms with Crippen molar-refractivity contribution in [3.63, 3.8) is 0 Å². The second-order valence-corrected chi connectivity index (χ2v) is 7.68. The molecule has 0 radical (unpaired) electrons. The van der Waals surface area contributed by atoms with Gasteiger partial charge in [0.15, 0.2) is 5.82 Å². The largest absolute Gasteiger partial charge is 0.444 e. The SMILES string of the molecule is CSCC[C@H](NC(=O)OC(C)(C)C)C(c1ccccc1)c1nn[nH]n1. The van der Waals surface area contributed by atoms with E-state index in [0.717, 1.165) is 17.7 Å². The van der Waals surface area contributed by atoms with E-state index in [1.54, 1.807) is 11.8 Å². The van der Waals surface area contributed by atoms with Crippen molar-refractivity contribution in [3.8, 4) is 0 Å². The standard InChI is InChI=1S/C17H25N5O2S/c1-17(2,3)24-16(23)18-13(10-11-25-4)14(15-19-21-22-20-15)12-8-6-5-7-9-12/h5-9,13-14H,10-11H2,1-4H3,(H,18,23)(H,19,20,21,22)/t13-,14?/m0/s1. The summed E-state index contributed by atoms with van der Waals surface area (Å²) in [5.41, 5.74) is 0.466. The zero-order valence-corrected chi connectivity index (χ0v) is 15.8. The van der Waals surface area contributed by atoms with Gasteiger partial charge in [-0.05, 0) is 44.8 Å². The summed E-state index contributed by atoms with van der Waals surface area (Å²) < 4.78 is 5.43. The monoisotopic (exact) mass is 363 g/mol. The topological polar surface area (TPSA) is 92.8 Å². The Morgan fingerprint density at radius 1 is 1.32 bits per heavy atom. The van der Waals surface area contributed by atoms with Crippen molar-refractivity contribution in [2.75, 3.05) is 12.0 Å². The highest BCUT2D eigenvalue weighted by Crippen LogP contribution is 2.27. The van der Waals surface area contributed by atoms with Crippen molar-refractivity contribution in [2.45, 2.75) is 44.8 Å². The number of hydrogen-bond acceptors (Lipinski definition) is 6. The second-order valence-electron chi connectivity index (χ2n) is 6.69. The molecule has 8 heteroatoms. The zero-order valence-electron chi connectivity index (χ0n) is 15.0. The molecule has 1 aromatic carbocycles. The van der Waals surface area contributed by atoms with Gasteiger partial charge in [0.1, 0.15) is 5.60 Å². The Hall–Kier alpha value is -2.09. The highest BCUT2D eigenvalue weighted by atomic mass is 32.2. The number of alkyl carbamates (subject to hydrolysis) is 1. The number of rotatable bonds is 7. The molecule has 2 aromatic rings. The Morgan fingerprint density at radius 2 is 2.04 bits per heavy atom. The molecule has 2 N–H and O–H groups in total. The Bertz CT molecular complexity index is 643. The fourth-order valence-electron chi connectivity index (χ4n) is 2.55. The van der Waals surface area contributed by atoms with Crippen molar-refractivity contribution in [1.82, 2.24) is 25.9 Å². The molecule has 0 aliphatic carbocycles. The van der Waals surface area contributed by atoms with E-state index in [-0.39, 0.29) is 12.0 Å². The van der Waals surface area contributed by atoms with E-state index < -0.39 is 11.7 Å². The van der Waals surface area contributed by atoms with Gasteiger partial charge in [0.2, 0.25) is 0 Å². The van der Waals surface area contributed by atoms with Crippen molar-refractivity contribution in [3.05, 3.63) is 41.7 Å². The molecule has 2 rings (SSSR count). The molecule has 7 nitrogen and oxygen atoms in total.